The second-order valence-electron chi connectivity index (χ2n) is 3.85. The van der Waals surface area contributed by atoms with Gasteiger partial charge in [0.05, 0.1) is 17.9 Å². The summed E-state index contributed by atoms with van der Waals surface area (Å²) in [5, 5.41) is 12.4. The zero-order valence-corrected chi connectivity index (χ0v) is 12.1. The van der Waals surface area contributed by atoms with E-state index in [1.54, 1.807) is 30.3 Å². The Hall–Kier alpha value is -1.30. The van der Waals surface area contributed by atoms with E-state index >= 15 is 0 Å². The second-order valence-corrected chi connectivity index (χ2v) is 5.11. The monoisotopic (exact) mass is 343 g/mol. The molecule has 0 aliphatic carbocycles. The summed E-state index contributed by atoms with van der Waals surface area (Å²) < 4.78 is 5.88. The van der Waals surface area contributed by atoms with E-state index in [1.165, 1.54) is 6.26 Å². The van der Waals surface area contributed by atoms with Crippen LogP contribution in [-0.4, -0.2) is 17.6 Å². The lowest BCUT2D eigenvalue weighted by Crippen LogP contribution is -2.30. The van der Waals surface area contributed by atoms with Crippen LogP contribution in [0.1, 0.15) is 22.2 Å². The van der Waals surface area contributed by atoms with Crippen molar-refractivity contribution in [3.63, 3.8) is 0 Å². The van der Waals surface area contributed by atoms with Gasteiger partial charge in [0.2, 0.25) is 0 Å². The summed E-state index contributed by atoms with van der Waals surface area (Å²) in [4.78, 5) is 12.0. The van der Waals surface area contributed by atoms with E-state index in [0.29, 0.717) is 16.3 Å². The molecule has 0 saturated carbocycles. The average molecular weight is 345 g/mol. The number of furan rings is 1. The van der Waals surface area contributed by atoms with Crippen LogP contribution in [0.4, 0.5) is 0 Å². The minimum absolute atomic E-state index is 0.247. The zero-order chi connectivity index (χ0) is 13.8. The molecule has 6 heteroatoms. The van der Waals surface area contributed by atoms with Crippen LogP contribution in [0.15, 0.2) is 45.5 Å². The lowest BCUT2D eigenvalue weighted by molar-refractivity contribution is 0.0907. The van der Waals surface area contributed by atoms with Crippen molar-refractivity contribution in [2.75, 3.05) is 6.61 Å². The standard InChI is InChI=1S/C13H11BrClNO3/c14-9-4-3-8(6-10(9)15)13(18)16-11(7-17)12-2-1-5-19-12/h1-6,11,17H,7H2,(H,16,18). The number of halogens is 2. The molecule has 19 heavy (non-hydrogen) atoms. The van der Waals surface area contributed by atoms with E-state index in [9.17, 15) is 9.90 Å². The number of hydrogen-bond acceptors (Lipinski definition) is 3. The highest BCUT2D eigenvalue weighted by Crippen LogP contribution is 2.23. The highest BCUT2D eigenvalue weighted by Gasteiger charge is 2.17. The molecular weight excluding hydrogens is 334 g/mol. The van der Waals surface area contributed by atoms with Gasteiger partial charge in [-0.3, -0.25) is 4.79 Å². The van der Waals surface area contributed by atoms with Crippen molar-refractivity contribution in [3.8, 4) is 0 Å². The number of aliphatic hydroxyl groups excluding tert-OH is 1. The fourth-order valence-electron chi connectivity index (χ4n) is 1.58. The van der Waals surface area contributed by atoms with Crippen molar-refractivity contribution >= 4 is 33.4 Å². The largest absolute Gasteiger partial charge is 0.467 e. The minimum atomic E-state index is -0.579. The first kappa shape index (κ1) is 14.1. The van der Waals surface area contributed by atoms with Crippen LogP contribution in [0.3, 0.4) is 0 Å². The molecule has 2 rings (SSSR count). The van der Waals surface area contributed by atoms with Gasteiger partial charge in [-0.25, -0.2) is 0 Å². The van der Waals surface area contributed by atoms with Crippen LogP contribution in [-0.2, 0) is 0 Å². The molecule has 0 radical (unpaired) electrons. The first-order valence-corrected chi connectivity index (χ1v) is 6.69. The van der Waals surface area contributed by atoms with Crippen molar-refractivity contribution in [2.24, 2.45) is 0 Å². The molecule has 1 amide bonds. The molecule has 0 aliphatic rings. The normalized spacial score (nSPS) is 12.2. The van der Waals surface area contributed by atoms with Crippen molar-refractivity contribution in [1.82, 2.24) is 5.32 Å². The fourth-order valence-corrected chi connectivity index (χ4v) is 2.00. The molecule has 0 aliphatic heterocycles. The average Bonchev–Trinajstić information content (AvgIpc) is 2.92. The van der Waals surface area contributed by atoms with Crippen molar-refractivity contribution in [2.45, 2.75) is 6.04 Å². The molecule has 0 bridgehead atoms. The Morgan fingerprint density at radius 3 is 2.84 bits per heavy atom. The van der Waals surface area contributed by atoms with Crippen LogP contribution >= 0.6 is 27.5 Å². The van der Waals surface area contributed by atoms with Gasteiger partial charge in [0.1, 0.15) is 11.8 Å². The number of carbonyl (C=O) groups is 1. The van der Waals surface area contributed by atoms with Crippen molar-refractivity contribution in [1.29, 1.82) is 0 Å². The van der Waals surface area contributed by atoms with E-state index in [1.807, 2.05) is 0 Å². The van der Waals surface area contributed by atoms with Gasteiger partial charge in [0.25, 0.3) is 5.91 Å². The maximum absolute atomic E-state index is 12.0. The summed E-state index contributed by atoms with van der Waals surface area (Å²) in [5.74, 6) is 0.170. The molecule has 1 unspecified atom stereocenters. The SMILES string of the molecule is O=C(NC(CO)c1ccco1)c1ccc(Br)c(Cl)c1. The second kappa shape index (κ2) is 6.23. The van der Waals surface area contributed by atoms with Crippen LogP contribution in [0.2, 0.25) is 5.02 Å². The van der Waals surface area contributed by atoms with Gasteiger partial charge in [-0.05, 0) is 46.3 Å². The number of carbonyl (C=O) groups excluding carboxylic acids is 1. The molecule has 0 spiro atoms. The molecule has 1 atom stereocenters. The lowest BCUT2D eigenvalue weighted by atomic mass is 10.2. The molecule has 1 aromatic heterocycles. The van der Waals surface area contributed by atoms with Gasteiger partial charge >= 0.3 is 0 Å². The Morgan fingerprint density at radius 2 is 2.26 bits per heavy atom. The van der Waals surface area contributed by atoms with Gasteiger partial charge in [0, 0.05) is 10.0 Å². The predicted octanol–water partition coefficient (Wildman–Crippen LogP) is 3.16. The maximum Gasteiger partial charge on any atom is 0.252 e. The predicted molar refractivity (Wildman–Crippen MR) is 75.2 cm³/mol. The van der Waals surface area contributed by atoms with E-state index in [0.717, 1.165) is 4.47 Å². The molecule has 0 saturated heterocycles. The van der Waals surface area contributed by atoms with Gasteiger partial charge in [-0.2, -0.15) is 0 Å². The third kappa shape index (κ3) is 3.37. The topological polar surface area (TPSA) is 62.5 Å². The fraction of sp³-hybridized carbons (Fsp3) is 0.154. The van der Waals surface area contributed by atoms with E-state index in [4.69, 9.17) is 16.0 Å². The van der Waals surface area contributed by atoms with E-state index < -0.39 is 6.04 Å². The lowest BCUT2D eigenvalue weighted by Gasteiger charge is -2.14. The van der Waals surface area contributed by atoms with Crippen LogP contribution < -0.4 is 5.32 Å². The number of hydrogen-bond donors (Lipinski definition) is 2. The molecule has 0 fully saturated rings. The van der Waals surface area contributed by atoms with E-state index in [-0.39, 0.29) is 12.5 Å². The van der Waals surface area contributed by atoms with Crippen LogP contribution in [0.25, 0.3) is 0 Å². The van der Waals surface area contributed by atoms with Gasteiger partial charge in [0.15, 0.2) is 0 Å². The Labute approximate surface area is 123 Å². The Balaban J connectivity index is 2.13. The number of aliphatic hydroxyl groups is 1. The summed E-state index contributed by atoms with van der Waals surface area (Å²) in [5.41, 5.74) is 0.415. The smallest absolute Gasteiger partial charge is 0.252 e. The van der Waals surface area contributed by atoms with Gasteiger partial charge in [-0.15, -0.1) is 0 Å². The Bertz CT molecular complexity index is 571. The number of rotatable bonds is 4. The Morgan fingerprint density at radius 1 is 1.47 bits per heavy atom. The summed E-state index contributed by atoms with van der Waals surface area (Å²) in [6.07, 6.45) is 1.49. The molecule has 4 nitrogen and oxygen atoms in total. The first-order valence-electron chi connectivity index (χ1n) is 5.52. The zero-order valence-electron chi connectivity index (χ0n) is 9.77. The quantitative estimate of drug-likeness (QED) is 0.895. The summed E-state index contributed by atoms with van der Waals surface area (Å²) in [6, 6.07) is 7.69. The molecule has 100 valence electrons. The van der Waals surface area contributed by atoms with Gasteiger partial charge in [-0.1, -0.05) is 11.6 Å². The number of nitrogens with one attached hydrogen (secondary N) is 1. The third-order valence-corrected chi connectivity index (χ3v) is 3.79. The maximum atomic E-state index is 12.0. The molecule has 1 heterocycles. The molecule has 2 N–H and O–H groups in total. The summed E-state index contributed by atoms with van der Waals surface area (Å²) in [7, 11) is 0. The molecule has 2 aromatic rings. The molecular formula is C13H11BrClNO3. The Kier molecular flexibility index (Phi) is 4.63. The number of amides is 1. The highest BCUT2D eigenvalue weighted by molar-refractivity contribution is 9.10. The van der Waals surface area contributed by atoms with Crippen LogP contribution in [0, 0.1) is 0 Å². The highest BCUT2D eigenvalue weighted by atomic mass is 79.9. The number of benzene rings is 1. The van der Waals surface area contributed by atoms with Crippen molar-refractivity contribution in [3.05, 3.63) is 57.4 Å². The van der Waals surface area contributed by atoms with E-state index in [2.05, 4.69) is 21.2 Å². The molecule has 1 aromatic carbocycles. The van der Waals surface area contributed by atoms with Gasteiger partial charge < -0.3 is 14.8 Å². The summed E-state index contributed by atoms with van der Waals surface area (Å²) >= 11 is 9.19. The van der Waals surface area contributed by atoms with Crippen molar-refractivity contribution < 1.29 is 14.3 Å². The minimum Gasteiger partial charge on any atom is -0.467 e. The first-order chi connectivity index (χ1) is 9.11. The summed E-state index contributed by atoms with van der Waals surface area (Å²) in [6.45, 7) is -0.247. The third-order valence-electron chi connectivity index (χ3n) is 2.56. The van der Waals surface area contributed by atoms with Crippen LogP contribution in [0.5, 0.6) is 0 Å².